The van der Waals surface area contributed by atoms with Crippen LogP contribution in [0.5, 0.6) is 0 Å². The van der Waals surface area contributed by atoms with Crippen LogP contribution >= 0.6 is 0 Å². The second-order valence-corrected chi connectivity index (χ2v) is 7.61. The smallest absolute Gasteiger partial charge is 0.306 e. The van der Waals surface area contributed by atoms with E-state index in [1.54, 1.807) is 24.3 Å². The predicted molar refractivity (Wildman–Crippen MR) is 117 cm³/mol. The SMILES string of the molecule is O=C(O)C(CCCc1ccc(F)cc1)CC(=NO)c1ccc2oc3ccccc3c2c1. The van der Waals surface area contributed by atoms with Gasteiger partial charge < -0.3 is 14.7 Å². The average Bonchev–Trinajstić information content (AvgIpc) is 3.15. The predicted octanol–water partition coefficient (Wildman–Crippen LogP) is 6.02. The first kappa shape index (κ1) is 20.6. The van der Waals surface area contributed by atoms with Crippen LogP contribution in [0.1, 0.15) is 30.4 Å². The zero-order valence-electron chi connectivity index (χ0n) is 16.8. The van der Waals surface area contributed by atoms with Crippen molar-refractivity contribution in [2.75, 3.05) is 0 Å². The molecule has 31 heavy (non-hydrogen) atoms. The number of hydrogen-bond donors (Lipinski definition) is 2. The molecule has 0 bridgehead atoms. The summed E-state index contributed by atoms with van der Waals surface area (Å²) in [6.07, 6.45) is 1.81. The van der Waals surface area contributed by atoms with Crippen molar-refractivity contribution >= 4 is 33.6 Å². The number of benzene rings is 3. The fourth-order valence-electron chi connectivity index (χ4n) is 3.87. The quantitative estimate of drug-likeness (QED) is 0.208. The molecule has 1 atom stereocenters. The summed E-state index contributed by atoms with van der Waals surface area (Å²) in [6, 6.07) is 19.3. The molecule has 0 saturated carbocycles. The molecule has 1 heterocycles. The molecule has 0 amide bonds. The highest BCUT2D eigenvalue weighted by Gasteiger charge is 2.22. The molecule has 0 fully saturated rings. The summed E-state index contributed by atoms with van der Waals surface area (Å²) < 4.78 is 18.9. The van der Waals surface area contributed by atoms with Crippen molar-refractivity contribution in [2.24, 2.45) is 11.1 Å². The highest BCUT2D eigenvalue weighted by atomic mass is 19.1. The van der Waals surface area contributed by atoms with Gasteiger partial charge in [-0.05, 0) is 61.2 Å². The van der Waals surface area contributed by atoms with E-state index in [4.69, 9.17) is 4.42 Å². The maximum atomic E-state index is 13.0. The zero-order chi connectivity index (χ0) is 21.8. The van der Waals surface area contributed by atoms with Gasteiger partial charge in [-0.25, -0.2) is 4.39 Å². The third-order valence-electron chi connectivity index (χ3n) is 5.55. The van der Waals surface area contributed by atoms with Crippen molar-refractivity contribution in [1.82, 2.24) is 0 Å². The van der Waals surface area contributed by atoms with Crippen LogP contribution in [0.25, 0.3) is 21.9 Å². The van der Waals surface area contributed by atoms with E-state index in [0.29, 0.717) is 30.5 Å². The number of oxime groups is 1. The minimum absolute atomic E-state index is 0.108. The van der Waals surface area contributed by atoms with Crippen LogP contribution < -0.4 is 0 Å². The first-order valence-corrected chi connectivity index (χ1v) is 10.1. The molecule has 0 radical (unpaired) electrons. The van der Waals surface area contributed by atoms with Gasteiger partial charge in [-0.2, -0.15) is 0 Å². The highest BCUT2D eigenvalue weighted by Crippen LogP contribution is 2.30. The van der Waals surface area contributed by atoms with E-state index < -0.39 is 11.9 Å². The molecule has 4 rings (SSSR count). The Bertz CT molecular complexity index is 1240. The van der Waals surface area contributed by atoms with Crippen LogP contribution in [-0.4, -0.2) is 22.0 Å². The van der Waals surface area contributed by atoms with Crippen LogP contribution in [0, 0.1) is 11.7 Å². The maximum absolute atomic E-state index is 13.0. The number of carbonyl (C=O) groups is 1. The second-order valence-electron chi connectivity index (χ2n) is 7.61. The standard InChI is InChI=1S/C25H22FNO4/c26-19-11-8-16(9-12-19)4-3-5-18(25(28)29)15-22(27-30)17-10-13-24-21(14-17)20-6-1-2-7-23(20)31-24/h1-2,6-14,18,30H,3-5,15H2,(H,28,29). The van der Waals surface area contributed by atoms with Crippen molar-refractivity contribution in [3.8, 4) is 0 Å². The van der Waals surface area contributed by atoms with E-state index in [1.807, 2.05) is 30.3 Å². The molecule has 0 aliphatic rings. The van der Waals surface area contributed by atoms with Gasteiger partial charge in [-0.3, -0.25) is 4.79 Å². The number of carboxylic acids is 1. The Morgan fingerprint density at radius 2 is 1.74 bits per heavy atom. The Hall–Kier alpha value is -3.67. The summed E-state index contributed by atoms with van der Waals surface area (Å²) in [5, 5.41) is 24.5. The van der Waals surface area contributed by atoms with Gasteiger partial charge in [0.1, 0.15) is 17.0 Å². The molecule has 0 saturated heterocycles. The molecule has 5 nitrogen and oxygen atoms in total. The lowest BCUT2D eigenvalue weighted by Crippen LogP contribution is -2.19. The third kappa shape index (κ3) is 4.58. The normalized spacial score (nSPS) is 13.0. The van der Waals surface area contributed by atoms with Crippen molar-refractivity contribution in [2.45, 2.75) is 25.7 Å². The van der Waals surface area contributed by atoms with Gasteiger partial charge in [0.05, 0.1) is 11.6 Å². The van der Waals surface area contributed by atoms with Gasteiger partial charge in [0.2, 0.25) is 0 Å². The third-order valence-corrected chi connectivity index (χ3v) is 5.55. The van der Waals surface area contributed by atoms with E-state index in [9.17, 15) is 19.5 Å². The van der Waals surface area contributed by atoms with Gasteiger partial charge in [0.15, 0.2) is 0 Å². The van der Waals surface area contributed by atoms with E-state index in [0.717, 1.165) is 27.5 Å². The fourth-order valence-corrected chi connectivity index (χ4v) is 3.87. The van der Waals surface area contributed by atoms with Crippen molar-refractivity contribution in [1.29, 1.82) is 0 Å². The van der Waals surface area contributed by atoms with E-state index in [2.05, 4.69) is 5.16 Å². The maximum Gasteiger partial charge on any atom is 0.306 e. The number of halogens is 1. The lowest BCUT2D eigenvalue weighted by Gasteiger charge is -2.13. The van der Waals surface area contributed by atoms with Gasteiger partial charge in [0, 0.05) is 22.8 Å². The molecule has 0 aliphatic carbocycles. The summed E-state index contributed by atoms with van der Waals surface area (Å²) in [4.78, 5) is 11.8. The minimum Gasteiger partial charge on any atom is -0.481 e. The van der Waals surface area contributed by atoms with E-state index in [-0.39, 0.29) is 12.2 Å². The molecule has 4 aromatic rings. The lowest BCUT2D eigenvalue weighted by molar-refractivity contribution is -0.141. The van der Waals surface area contributed by atoms with Crippen LogP contribution in [0.3, 0.4) is 0 Å². The summed E-state index contributed by atoms with van der Waals surface area (Å²) in [5.74, 6) is -1.92. The van der Waals surface area contributed by atoms with Crippen LogP contribution in [0.4, 0.5) is 4.39 Å². The molecule has 3 aromatic carbocycles. The second kappa shape index (κ2) is 9.00. The Morgan fingerprint density at radius 3 is 2.48 bits per heavy atom. The summed E-state index contributed by atoms with van der Waals surface area (Å²) in [7, 11) is 0. The molecule has 0 spiro atoms. The number of hydrogen-bond acceptors (Lipinski definition) is 4. The Morgan fingerprint density at radius 1 is 1.00 bits per heavy atom. The molecule has 6 heteroatoms. The molecular formula is C25H22FNO4. The Labute approximate surface area is 178 Å². The molecule has 158 valence electrons. The first-order valence-electron chi connectivity index (χ1n) is 10.1. The number of furan rings is 1. The van der Waals surface area contributed by atoms with Gasteiger partial charge in [-0.1, -0.05) is 35.5 Å². The lowest BCUT2D eigenvalue weighted by atomic mass is 9.92. The van der Waals surface area contributed by atoms with Crippen molar-refractivity contribution in [3.05, 3.63) is 83.7 Å². The number of carboxylic acid groups (broad SMARTS) is 1. The number of aryl methyl sites for hydroxylation is 1. The highest BCUT2D eigenvalue weighted by molar-refractivity contribution is 6.10. The number of fused-ring (bicyclic) bond motifs is 3. The largest absolute Gasteiger partial charge is 0.481 e. The molecule has 1 unspecified atom stereocenters. The summed E-state index contributed by atoms with van der Waals surface area (Å²) in [5.41, 5.74) is 3.42. The Balaban J connectivity index is 1.49. The van der Waals surface area contributed by atoms with E-state index >= 15 is 0 Å². The molecular weight excluding hydrogens is 397 g/mol. The molecule has 0 aliphatic heterocycles. The van der Waals surface area contributed by atoms with E-state index in [1.165, 1.54) is 12.1 Å². The molecule has 1 aromatic heterocycles. The summed E-state index contributed by atoms with van der Waals surface area (Å²) >= 11 is 0. The zero-order valence-corrected chi connectivity index (χ0v) is 16.8. The van der Waals surface area contributed by atoms with Crippen molar-refractivity contribution < 1.29 is 23.9 Å². The number of nitrogens with zero attached hydrogens (tertiary/aromatic N) is 1. The van der Waals surface area contributed by atoms with Gasteiger partial charge in [-0.15, -0.1) is 0 Å². The monoisotopic (exact) mass is 419 g/mol. The van der Waals surface area contributed by atoms with Crippen LogP contribution in [0.15, 0.2) is 76.3 Å². The van der Waals surface area contributed by atoms with Crippen LogP contribution in [0.2, 0.25) is 0 Å². The van der Waals surface area contributed by atoms with Crippen LogP contribution in [-0.2, 0) is 11.2 Å². The molecule has 2 N–H and O–H groups in total. The fraction of sp³-hybridized carbons (Fsp3) is 0.200. The van der Waals surface area contributed by atoms with Crippen molar-refractivity contribution in [3.63, 3.8) is 0 Å². The van der Waals surface area contributed by atoms with Gasteiger partial charge >= 0.3 is 5.97 Å². The topological polar surface area (TPSA) is 83.0 Å². The number of aliphatic carboxylic acids is 1. The minimum atomic E-state index is -0.935. The average molecular weight is 419 g/mol. The number of para-hydroxylation sites is 1. The summed E-state index contributed by atoms with van der Waals surface area (Å²) in [6.45, 7) is 0. The number of rotatable bonds is 8. The first-order chi connectivity index (χ1) is 15.0. The Kier molecular flexibility index (Phi) is 5.98. The van der Waals surface area contributed by atoms with Gasteiger partial charge in [0.25, 0.3) is 0 Å².